The monoisotopic (exact) mass is 164 g/mol. The van der Waals surface area contributed by atoms with Crippen LogP contribution in [-0.4, -0.2) is 12.1 Å². The van der Waals surface area contributed by atoms with Crippen molar-refractivity contribution in [2.45, 2.75) is 25.7 Å². The molecule has 0 heterocycles. The summed E-state index contributed by atoms with van der Waals surface area (Å²) < 4.78 is 0. The Bertz CT molecular complexity index is 236. The van der Waals surface area contributed by atoms with E-state index < -0.39 is 0 Å². The van der Waals surface area contributed by atoms with Crippen LogP contribution in [0.3, 0.4) is 0 Å². The molecule has 0 bridgehead atoms. The minimum Gasteiger partial charge on any atom is -0.299 e. The van der Waals surface area contributed by atoms with Gasteiger partial charge in [0.1, 0.15) is 6.29 Å². The van der Waals surface area contributed by atoms with Gasteiger partial charge in [-0.3, -0.25) is 9.59 Å². The zero-order chi connectivity index (χ0) is 8.81. The molecule has 0 spiro atoms. The summed E-state index contributed by atoms with van der Waals surface area (Å²) >= 11 is 0. The molecule has 0 aromatic carbocycles. The van der Waals surface area contributed by atoms with Crippen LogP contribution in [0.2, 0.25) is 0 Å². The van der Waals surface area contributed by atoms with Gasteiger partial charge in [-0.05, 0) is 37.0 Å². The van der Waals surface area contributed by atoms with Crippen LogP contribution in [0.1, 0.15) is 25.7 Å². The number of aldehydes is 1. The first-order chi connectivity index (χ1) is 5.83. The zero-order valence-corrected chi connectivity index (χ0v) is 6.95. The van der Waals surface area contributed by atoms with E-state index in [-0.39, 0.29) is 5.78 Å². The van der Waals surface area contributed by atoms with Crippen molar-refractivity contribution in [2.24, 2.45) is 0 Å². The first-order valence-electron chi connectivity index (χ1n) is 4.18. The van der Waals surface area contributed by atoms with Crippen molar-refractivity contribution in [3.8, 4) is 0 Å². The van der Waals surface area contributed by atoms with E-state index in [0.29, 0.717) is 6.42 Å². The second kappa shape index (κ2) is 4.65. The first kappa shape index (κ1) is 8.91. The molecule has 0 N–H and O–H groups in total. The summed E-state index contributed by atoms with van der Waals surface area (Å²) in [5.74, 6) is 0.179. The van der Waals surface area contributed by atoms with Crippen LogP contribution in [0, 0.1) is 0 Å². The summed E-state index contributed by atoms with van der Waals surface area (Å²) in [6.45, 7) is 0. The van der Waals surface area contributed by atoms with E-state index in [4.69, 9.17) is 0 Å². The van der Waals surface area contributed by atoms with Crippen molar-refractivity contribution in [3.63, 3.8) is 0 Å². The second-order valence-corrected chi connectivity index (χ2v) is 2.89. The van der Waals surface area contributed by atoms with Crippen LogP contribution >= 0.6 is 0 Å². The Labute approximate surface area is 72.0 Å². The van der Waals surface area contributed by atoms with Crippen molar-refractivity contribution in [1.29, 1.82) is 0 Å². The topological polar surface area (TPSA) is 34.1 Å². The smallest absolute Gasteiger partial charge is 0.155 e. The number of carbonyl (C=O) groups is 2. The van der Waals surface area contributed by atoms with Gasteiger partial charge >= 0.3 is 0 Å². The van der Waals surface area contributed by atoms with Crippen LogP contribution in [-0.2, 0) is 9.59 Å². The number of hydrogen-bond donors (Lipinski definition) is 0. The summed E-state index contributed by atoms with van der Waals surface area (Å²) in [6.07, 6.45) is 9.10. The maximum absolute atomic E-state index is 11.1. The van der Waals surface area contributed by atoms with Crippen molar-refractivity contribution in [1.82, 2.24) is 0 Å². The Hall–Kier alpha value is -1.18. The molecule has 12 heavy (non-hydrogen) atoms. The van der Waals surface area contributed by atoms with E-state index in [2.05, 4.69) is 0 Å². The molecule has 1 aliphatic carbocycles. The average molecular weight is 164 g/mol. The van der Waals surface area contributed by atoms with E-state index in [0.717, 1.165) is 31.1 Å². The molecule has 1 rings (SSSR count). The largest absolute Gasteiger partial charge is 0.299 e. The number of carbonyl (C=O) groups excluding carboxylic acids is 2. The highest BCUT2D eigenvalue weighted by molar-refractivity contribution is 5.91. The zero-order valence-electron chi connectivity index (χ0n) is 6.95. The number of ketones is 1. The predicted molar refractivity (Wildman–Crippen MR) is 46.8 cm³/mol. The third kappa shape index (κ3) is 2.82. The maximum Gasteiger partial charge on any atom is 0.155 e. The molecule has 0 aliphatic heterocycles. The van der Waals surface area contributed by atoms with Crippen molar-refractivity contribution in [3.05, 3.63) is 23.8 Å². The van der Waals surface area contributed by atoms with Crippen LogP contribution in [0.5, 0.6) is 0 Å². The van der Waals surface area contributed by atoms with Gasteiger partial charge in [0.25, 0.3) is 0 Å². The maximum atomic E-state index is 11.1. The Morgan fingerprint density at radius 3 is 2.75 bits per heavy atom. The van der Waals surface area contributed by atoms with Gasteiger partial charge in [0.15, 0.2) is 5.78 Å². The van der Waals surface area contributed by atoms with Crippen LogP contribution in [0.15, 0.2) is 23.8 Å². The standard InChI is InChI=1S/C10H12O2/c11-7-3-5-9-4-1-2-6-10(12)8-9/h3,5,7-8H,1-2,4,6H2/b5-3+. The Kier molecular flexibility index (Phi) is 3.45. The van der Waals surface area contributed by atoms with Gasteiger partial charge in [0.05, 0.1) is 0 Å². The molecule has 0 fully saturated rings. The molecule has 2 heteroatoms. The van der Waals surface area contributed by atoms with E-state index in [9.17, 15) is 9.59 Å². The quantitative estimate of drug-likeness (QED) is 0.460. The number of allylic oxidation sites excluding steroid dienone is 4. The van der Waals surface area contributed by atoms with Gasteiger partial charge in [-0.1, -0.05) is 6.08 Å². The van der Waals surface area contributed by atoms with Gasteiger partial charge < -0.3 is 0 Å². The lowest BCUT2D eigenvalue weighted by atomic mass is 10.1. The fourth-order valence-corrected chi connectivity index (χ4v) is 1.27. The SMILES string of the molecule is O=C/C=C/C1=CC(=O)CCCC1. The molecule has 0 aromatic heterocycles. The highest BCUT2D eigenvalue weighted by Crippen LogP contribution is 2.15. The fourth-order valence-electron chi connectivity index (χ4n) is 1.27. The Balaban J connectivity index is 2.65. The van der Waals surface area contributed by atoms with Gasteiger partial charge in [0.2, 0.25) is 0 Å². The summed E-state index contributed by atoms with van der Waals surface area (Å²) in [5.41, 5.74) is 0.976. The summed E-state index contributed by atoms with van der Waals surface area (Å²) in [7, 11) is 0. The minimum atomic E-state index is 0.179. The van der Waals surface area contributed by atoms with Crippen molar-refractivity contribution in [2.75, 3.05) is 0 Å². The molecule has 0 amide bonds. The Morgan fingerprint density at radius 2 is 2.00 bits per heavy atom. The van der Waals surface area contributed by atoms with Crippen LogP contribution in [0.25, 0.3) is 0 Å². The molecule has 0 saturated carbocycles. The highest BCUT2D eigenvalue weighted by Gasteiger charge is 2.05. The fraction of sp³-hybridized carbons (Fsp3) is 0.400. The second-order valence-electron chi connectivity index (χ2n) is 2.89. The van der Waals surface area contributed by atoms with E-state index in [1.807, 2.05) is 0 Å². The van der Waals surface area contributed by atoms with E-state index >= 15 is 0 Å². The first-order valence-corrected chi connectivity index (χ1v) is 4.18. The lowest BCUT2D eigenvalue weighted by Gasteiger charge is -1.93. The molecular formula is C10H12O2. The summed E-state index contributed by atoms with van der Waals surface area (Å²) in [4.78, 5) is 21.1. The van der Waals surface area contributed by atoms with E-state index in [1.165, 1.54) is 6.08 Å². The highest BCUT2D eigenvalue weighted by atomic mass is 16.1. The lowest BCUT2D eigenvalue weighted by Crippen LogP contribution is -1.89. The molecule has 2 nitrogen and oxygen atoms in total. The molecular weight excluding hydrogens is 152 g/mol. The third-order valence-corrected chi connectivity index (χ3v) is 1.87. The molecule has 64 valence electrons. The Morgan fingerprint density at radius 1 is 1.25 bits per heavy atom. The van der Waals surface area contributed by atoms with E-state index in [1.54, 1.807) is 12.2 Å². The predicted octanol–water partition coefficient (Wildman–Crippen LogP) is 1.81. The van der Waals surface area contributed by atoms with Gasteiger partial charge in [-0.2, -0.15) is 0 Å². The number of hydrogen-bond acceptors (Lipinski definition) is 2. The van der Waals surface area contributed by atoms with Gasteiger partial charge in [0, 0.05) is 6.42 Å². The number of rotatable bonds is 2. The summed E-state index contributed by atoms with van der Waals surface area (Å²) in [6, 6.07) is 0. The molecule has 0 aromatic rings. The van der Waals surface area contributed by atoms with Crippen LogP contribution < -0.4 is 0 Å². The van der Waals surface area contributed by atoms with Crippen molar-refractivity contribution >= 4 is 12.1 Å². The molecule has 1 aliphatic rings. The minimum absolute atomic E-state index is 0.179. The summed E-state index contributed by atoms with van der Waals surface area (Å²) in [5, 5.41) is 0. The van der Waals surface area contributed by atoms with Gasteiger partial charge in [-0.15, -0.1) is 0 Å². The van der Waals surface area contributed by atoms with Crippen LogP contribution in [0.4, 0.5) is 0 Å². The normalized spacial score (nSPS) is 19.0. The molecule has 0 atom stereocenters. The third-order valence-electron chi connectivity index (χ3n) is 1.87. The van der Waals surface area contributed by atoms with Gasteiger partial charge in [-0.25, -0.2) is 0 Å². The van der Waals surface area contributed by atoms with Crippen molar-refractivity contribution < 1.29 is 9.59 Å². The molecule has 0 unspecified atom stereocenters. The molecule has 0 radical (unpaired) electrons. The average Bonchev–Trinajstić information content (AvgIpc) is 2.26. The molecule has 0 saturated heterocycles. The lowest BCUT2D eigenvalue weighted by molar-refractivity contribution is -0.114.